The van der Waals surface area contributed by atoms with Crippen LogP contribution in [0.4, 0.5) is 0 Å². The minimum absolute atomic E-state index is 0.553. The summed E-state index contributed by atoms with van der Waals surface area (Å²) in [4.78, 5) is 0. The lowest BCUT2D eigenvalue weighted by Crippen LogP contribution is -2.07. The molecule has 1 atom stereocenters. The average molecular weight is 254 g/mol. The van der Waals surface area contributed by atoms with Crippen LogP contribution >= 0.6 is 0 Å². The fourth-order valence-corrected chi connectivity index (χ4v) is 2.87. The molecule has 1 unspecified atom stereocenters. The fraction of sp³-hybridized carbons (Fsp3) is 0.474. The van der Waals surface area contributed by atoms with E-state index in [1.807, 2.05) is 0 Å². The molecule has 19 heavy (non-hydrogen) atoms. The predicted molar refractivity (Wildman–Crippen MR) is 85.0 cm³/mol. The van der Waals surface area contributed by atoms with Crippen LogP contribution in [0.3, 0.4) is 0 Å². The van der Waals surface area contributed by atoms with E-state index in [1.54, 1.807) is 11.1 Å². The molecule has 0 aromatic rings. The van der Waals surface area contributed by atoms with Gasteiger partial charge in [0.25, 0.3) is 0 Å². The van der Waals surface area contributed by atoms with Crippen molar-refractivity contribution in [3.8, 4) is 0 Å². The van der Waals surface area contributed by atoms with Crippen LogP contribution in [-0.2, 0) is 0 Å². The molecule has 0 saturated heterocycles. The summed E-state index contributed by atoms with van der Waals surface area (Å²) in [5.74, 6) is 1.52. The lowest BCUT2D eigenvalue weighted by Gasteiger charge is -2.20. The van der Waals surface area contributed by atoms with Gasteiger partial charge < -0.3 is 0 Å². The van der Waals surface area contributed by atoms with Crippen molar-refractivity contribution < 1.29 is 0 Å². The fourth-order valence-electron chi connectivity index (χ4n) is 2.87. The van der Waals surface area contributed by atoms with Crippen LogP contribution in [0.25, 0.3) is 0 Å². The Morgan fingerprint density at radius 3 is 2.47 bits per heavy atom. The Balaban J connectivity index is 2.15. The van der Waals surface area contributed by atoms with Crippen molar-refractivity contribution in [3.63, 3.8) is 0 Å². The molecule has 0 N–H and O–H groups in total. The van der Waals surface area contributed by atoms with Gasteiger partial charge in [-0.15, -0.1) is 0 Å². The predicted octanol–water partition coefficient (Wildman–Crippen LogP) is 5.76. The lowest BCUT2D eigenvalue weighted by molar-refractivity contribution is 0.717. The molecule has 0 heterocycles. The van der Waals surface area contributed by atoms with E-state index in [0.717, 1.165) is 12.3 Å². The first kappa shape index (κ1) is 14.1. The van der Waals surface area contributed by atoms with Crippen molar-refractivity contribution in [1.82, 2.24) is 0 Å². The molecule has 0 heteroatoms. The first-order valence-electron chi connectivity index (χ1n) is 7.65. The summed E-state index contributed by atoms with van der Waals surface area (Å²) in [6.45, 7) is 6.50. The maximum Gasteiger partial charge on any atom is 0.0260 e. The molecule has 1 saturated carbocycles. The van der Waals surface area contributed by atoms with Crippen molar-refractivity contribution in [2.24, 2.45) is 11.8 Å². The second-order valence-corrected chi connectivity index (χ2v) is 5.59. The minimum atomic E-state index is 0.553. The first-order chi connectivity index (χ1) is 9.30. The second-order valence-electron chi connectivity index (χ2n) is 5.59. The van der Waals surface area contributed by atoms with Crippen LogP contribution in [0.15, 0.2) is 59.3 Å². The van der Waals surface area contributed by atoms with E-state index in [-0.39, 0.29) is 0 Å². The average Bonchev–Trinajstić information content (AvgIpc) is 3.15. The van der Waals surface area contributed by atoms with E-state index in [2.05, 4.69) is 63.3 Å². The molecular weight excluding hydrogens is 228 g/mol. The van der Waals surface area contributed by atoms with E-state index >= 15 is 0 Å². The largest absolute Gasteiger partial charge is 0.0877 e. The van der Waals surface area contributed by atoms with E-state index in [4.69, 9.17) is 0 Å². The molecule has 2 aliphatic carbocycles. The highest BCUT2D eigenvalue weighted by atomic mass is 14.3. The van der Waals surface area contributed by atoms with Gasteiger partial charge in [-0.1, -0.05) is 60.6 Å². The van der Waals surface area contributed by atoms with Gasteiger partial charge >= 0.3 is 0 Å². The van der Waals surface area contributed by atoms with Crippen LogP contribution in [0.2, 0.25) is 0 Å². The number of hydrogen-bond acceptors (Lipinski definition) is 0. The Morgan fingerprint density at radius 2 is 1.89 bits per heavy atom. The molecule has 0 bridgehead atoms. The van der Waals surface area contributed by atoms with E-state index < -0.39 is 0 Å². The number of rotatable bonds is 6. The lowest BCUT2D eigenvalue weighted by atomic mass is 9.84. The summed E-state index contributed by atoms with van der Waals surface area (Å²) >= 11 is 0. The Hall–Kier alpha value is -1.30. The Labute approximate surface area is 118 Å². The second kappa shape index (κ2) is 6.75. The zero-order valence-electron chi connectivity index (χ0n) is 12.5. The maximum absolute atomic E-state index is 2.38. The van der Waals surface area contributed by atoms with Gasteiger partial charge in [0, 0.05) is 5.92 Å². The molecule has 102 valence electrons. The Morgan fingerprint density at radius 1 is 1.16 bits per heavy atom. The monoisotopic (exact) mass is 254 g/mol. The highest BCUT2D eigenvalue weighted by Crippen LogP contribution is 2.43. The van der Waals surface area contributed by atoms with Gasteiger partial charge in [0.1, 0.15) is 0 Å². The molecule has 0 aliphatic heterocycles. The van der Waals surface area contributed by atoms with Crippen LogP contribution in [-0.4, -0.2) is 0 Å². The van der Waals surface area contributed by atoms with Gasteiger partial charge in [-0.25, -0.2) is 0 Å². The topological polar surface area (TPSA) is 0 Å². The van der Waals surface area contributed by atoms with Crippen LogP contribution < -0.4 is 0 Å². The highest BCUT2D eigenvalue weighted by molar-refractivity contribution is 5.46. The molecular formula is C19H26. The quantitative estimate of drug-likeness (QED) is 0.529. The molecule has 0 spiro atoms. The highest BCUT2D eigenvalue weighted by Gasteiger charge is 2.29. The van der Waals surface area contributed by atoms with Gasteiger partial charge in [-0.3, -0.25) is 0 Å². The Bertz CT molecular complexity index is 450. The Kier molecular flexibility index (Phi) is 5.01. The van der Waals surface area contributed by atoms with E-state index in [9.17, 15) is 0 Å². The van der Waals surface area contributed by atoms with Gasteiger partial charge in [0.05, 0.1) is 0 Å². The maximum atomic E-state index is 2.38. The van der Waals surface area contributed by atoms with Gasteiger partial charge in [-0.2, -0.15) is 0 Å². The van der Waals surface area contributed by atoms with E-state index in [1.165, 1.54) is 24.8 Å². The van der Waals surface area contributed by atoms with Gasteiger partial charge in [0.15, 0.2) is 0 Å². The minimum Gasteiger partial charge on any atom is -0.0877 e. The van der Waals surface area contributed by atoms with Crippen molar-refractivity contribution in [2.45, 2.75) is 46.5 Å². The molecule has 2 aliphatic rings. The van der Waals surface area contributed by atoms with Crippen LogP contribution in [0, 0.1) is 11.8 Å². The number of hydrogen-bond donors (Lipinski definition) is 0. The van der Waals surface area contributed by atoms with Crippen molar-refractivity contribution in [3.05, 3.63) is 59.3 Å². The molecule has 0 radical (unpaired) electrons. The zero-order valence-corrected chi connectivity index (χ0v) is 12.5. The normalized spacial score (nSPS) is 24.4. The third-order valence-corrected chi connectivity index (χ3v) is 4.14. The zero-order chi connectivity index (χ0) is 13.7. The molecule has 0 aromatic carbocycles. The summed E-state index contributed by atoms with van der Waals surface area (Å²) in [5, 5.41) is 0. The molecule has 0 amide bonds. The van der Waals surface area contributed by atoms with Crippen molar-refractivity contribution in [1.29, 1.82) is 0 Å². The SMILES string of the molecule is C/C=C/C=C\C(=C/C)C1C(CC)=CC=C1CC1CC1. The molecule has 0 aromatic heterocycles. The first-order valence-corrected chi connectivity index (χ1v) is 7.65. The van der Waals surface area contributed by atoms with E-state index in [0.29, 0.717) is 5.92 Å². The summed E-state index contributed by atoms with van der Waals surface area (Å²) < 4.78 is 0. The number of allylic oxidation sites excluding steroid dienone is 10. The molecule has 1 fully saturated rings. The van der Waals surface area contributed by atoms with Crippen LogP contribution in [0.5, 0.6) is 0 Å². The third kappa shape index (κ3) is 3.59. The van der Waals surface area contributed by atoms with Gasteiger partial charge in [-0.05, 0) is 51.0 Å². The van der Waals surface area contributed by atoms with Crippen molar-refractivity contribution >= 4 is 0 Å². The molecule has 0 nitrogen and oxygen atoms in total. The van der Waals surface area contributed by atoms with Crippen molar-refractivity contribution in [2.75, 3.05) is 0 Å². The summed E-state index contributed by atoms with van der Waals surface area (Å²) in [7, 11) is 0. The summed E-state index contributed by atoms with van der Waals surface area (Å²) in [5.41, 5.74) is 4.67. The summed E-state index contributed by atoms with van der Waals surface area (Å²) in [6.07, 6.45) is 21.0. The van der Waals surface area contributed by atoms with Gasteiger partial charge in [0.2, 0.25) is 0 Å². The third-order valence-electron chi connectivity index (χ3n) is 4.14. The smallest absolute Gasteiger partial charge is 0.0260 e. The standard InChI is InChI=1S/C19H26/c1-4-7-8-9-16(5-2)19-17(6-3)12-13-18(19)14-15-10-11-15/h4-5,7-9,12-13,15,19H,6,10-11,14H2,1-3H3/b7-4+,9-8-,16-5+. The van der Waals surface area contributed by atoms with Crippen LogP contribution in [0.1, 0.15) is 46.5 Å². The summed E-state index contributed by atoms with van der Waals surface area (Å²) in [6, 6.07) is 0. The molecule has 2 rings (SSSR count).